The summed E-state index contributed by atoms with van der Waals surface area (Å²) in [6.45, 7) is 4.42. The van der Waals surface area contributed by atoms with Crippen molar-refractivity contribution in [3.8, 4) is 5.75 Å². The van der Waals surface area contributed by atoms with Crippen LogP contribution in [0.2, 0.25) is 0 Å². The van der Waals surface area contributed by atoms with Crippen LogP contribution in [-0.2, 0) is 0 Å². The third-order valence-corrected chi connectivity index (χ3v) is 3.22. The van der Waals surface area contributed by atoms with Crippen molar-refractivity contribution in [3.05, 3.63) is 28.7 Å². The monoisotopic (exact) mass is 344 g/mol. The average Bonchev–Trinajstić information content (AvgIpc) is 2.39. The van der Waals surface area contributed by atoms with Crippen LogP contribution in [0.1, 0.15) is 20.3 Å². The topological polar surface area (TPSA) is 70.6 Å². The lowest BCUT2D eigenvalue weighted by Crippen LogP contribution is -2.41. The van der Waals surface area contributed by atoms with Gasteiger partial charge in [0.2, 0.25) is 0 Å². The van der Waals surface area contributed by atoms with Crippen LogP contribution in [0.25, 0.3) is 0 Å². The number of hydrogen-bond acceptors (Lipinski definition) is 3. The van der Waals surface area contributed by atoms with E-state index in [0.717, 1.165) is 10.2 Å². The normalized spacial score (nSPS) is 13.4. The molecule has 0 spiro atoms. The summed E-state index contributed by atoms with van der Waals surface area (Å²) in [4.78, 5) is 11.5. The van der Waals surface area contributed by atoms with E-state index >= 15 is 0 Å². The van der Waals surface area contributed by atoms with E-state index in [2.05, 4.69) is 26.6 Å². The van der Waals surface area contributed by atoms with Crippen LogP contribution < -0.4 is 15.4 Å². The largest absolute Gasteiger partial charge is 0.488 e. The summed E-state index contributed by atoms with van der Waals surface area (Å²) in [5.41, 5.74) is 0. The fourth-order valence-electron chi connectivity index (χ4n) is 1.49. The molecule has 0 heterocycles. The summed E-state index contributed by atoms with van der Waals surface area (Å²) < 4.78 is 6.59. The zero-order valence-electron chi connectivity index (χ0n) is 11.7. The van der Waals surface area contributed by atoms with E-state index in [4.69, 9.17) is 9.84 Å². The molecule has 5 nitrogen and oxygen atoms in total. The second kappa shape index (κ2) is 8.81. The molecule has 3 N–H and O–H groups in total. The first-order chi connectivity index (χ1) is 9.49. The molecule has 1 aromatic rings. The maximum absolute atomic E-state index is 11.5. The number of hydrogen-bond donors (Lipinski definition) is 3. The lowest BCUT2D eigenvalue weighted by Gasteiger charge is -2.16. The number of amides is 2. The number of benzene rings is 1. The van der Waals surface area contributed by atoms with Crippen LogP contribution in [-0.4, -0.2) is 36.4 Å². The van der Waals surface area contributed by atoms with Gasteiger partial charge >= 0.3 is 6.03 Å². The molecule has 0 aliphatic carbocycles. The van der Waals surface area contributed by atoms with Crippen molar-refractivity contribution in [3.63, 3.8) is 0 Å². The van der Waals surface area contributed by atoms with Gasteiger partial charge in [-0.3, -0.25) is 0 Å². The van der Waals surface area contributed by atoms with Gasteiger partial charge in [-0.05, 0) is 48.3 Å². The summed E-state index contributed by atoms with van der Waals surface area (Å²) in [5.74, 6) is 0.747. The quantitative estimate of drug-likeness (QED) is 0.710. The second-order valence-corrected chi connectivity index (χ2v) is 5.49. The fraction of sp³-hybridized carbons (Fsp3) is 0.500. The molecular formula is C14H21BrN2O3. The number of nitrogens with one attached hydrogen (secondary N) is 2. The molecule has 2 unspecified atom stereocenters. The summed E-state index contributed by atoms with van der Waals surface area (Å²) >= 11 is 3.40. The van der Waals surface area contributed by atoms with Crippen LogP contribution >= 0.6 is 15.9 Å². The zero-order valence-corrected chi connectivity index (χ0v) is 13.3. The number of para-hydroxylation sites is 1. The van der Waals surface area contributed by atoms with Crippen molar-refractivity contribution in [2.45, 2.75) is 32.5 Å². The number of carbonyl (C=O) groups is 1. The van der Waals surface area contributed by atoms with Gasteiger partial charge in [0.05, 0.1) is 17.1 Å². The molecule has 0 aromatic heterocycles. The van der Waals surface area contributed by atoms with Crippen molar-refractivity contribution >= 4 is 22.0 Å². The number of halogens is 1. The summed E-state index contributed by atoms with van der Waals surface area (Å²) in [6, 6.07) is 7.31. The minimum absolute atomic E-state index is 0.142. The molecule has 6 heteroatoms. The van der Waals surface area contributed by atoms with E-state index in [0.29, 0.717) is 19.5 Å². The standard InChI is InChI=1S/C14H21BrN2O3/c1-10(18)7-8-16-14(19)17-9-11(2)20-13-6-4-3-5-12(13)15/h3-6,10-11,18H,7-9H2,1-2H3,(H2,16,17,19). The highest BCUT2D eigenvalue weighted by molar-refractivity contribution is 9.10. The number of rotatable bonds is 7. The van der Waals surface area contributed by atoms with Gasteiger partial charge in [-0.1, -0.05) is 12.1 Å². The Balaban J connectivity index is 2.24. The maximum atomic E-state index is 11.5. The van der Waals surface area contributed by atoms with Crippen LogP contribution in [0, 0.1) is 0 Å². The molecular weight excluding hydrogens is 324 g/mol. The molecule has 20 heavy (non-hydrogen) atoms. The smallest absolute Gasteiger partial charge is 0.314 e. The van der Waals surface area contributed by atoms with Gasteiger partial charge in [-0.25, -0.2) is 4.79 Å². The minimum atomic E-state index is -0.409. The SMILES string of the molecule is CC(O)CCNC(=O)NCC(C)Oc1ccccc1Br. The van der Waals surface area contributed by atoms with Gasteiger partial charge in [0.1, 0.15) is 11.9 Å². The van der Waals surface area contributed by atoms with E-state index in [1.807, 2.05) is 31.2 Å². The highest BCUT2D eigenvalue weighted by Crippen LogP contribution is 2.24. The van der Waals surface area contributed by atoms with Crippen LogP contribution in [0.5, 0.6) is 5.75 Å². The van der Waals surface area contributed by atoms with Crippen LogP contribution in [0.15, 0.2) is 28.7 Å². The van der Waals surface area contributed by atoms with Crippen LogP contribution in [0.4, 0.5) is 4.79 Å². The Hall–Kier alpha value is -1.27. The summed E-state index contributed by atoms with van der Waals surface area (Å²) in [5, 5.41) is 14.5. The lowest BCUT2D eigenvalue weighted by atomic mass is 10.3. The third kappa shape index (κ3) is 6.77. The van der Waals surface area contributed by atoms with Gasteiger partial charge in [-0.2, -0.15) is 0 Å². The van der Waals surface area contributed by atoms with E-state index in [1.54, 1.807) is 6.92 Å². The van der Waals surface area contributed by atoms with Crippen molar-refractivity contribution in [2.24, 2.45) is 0 Å². The van der Waals surface area contributed by atoms with E-state index in [9.17, 15) is 4.79 Å². The second-order valence-electron chi connectivity index (χ2n) is 4.63. The van der Waals surface area contributed by atoms with Crippen molar-refractivity contribution in [1.29, 1.82) is 0 Å². The van der Waals surface area contributed by atoms with Crippen molar-refractivity contribution in [1.82, 2.24) is 10.6 Å². The van der Waals surface area contributed by atoms with Gasteiger partial charge in [0, 0.05) is 6.54 Å². The molecule has 0 saturated carbocycles. The van der Waals surface area contributed by atoms with Crippen molar-refractivity contribution < 1.29 is 14.6 Å². The Kier molecular flexibility index (Phi) is 7.40. The average molecular weight is 345 g/mol. The zero-order chi connectivity index (χ0) is 15.0. The Morgan fingerprint density at radius 3 is 2.70 bits per heavy atom. The first-order valence-corrected chi connectivity index (χ1v) is 7.39. The summed E-state index contributed by atoms with van der Waals surface area (Å²) in [7, 11) is 0. The number of urea groups is 1. The number of ether oxygens (including phenoxy) is 1. The predicted octanol–water partition coefficient (Wildman–Crippen LogP) is 2.29. The Morgan fingerprint density at radius 1 is 1.35 bits per heavy atom. The molecule has 2 atom stereocenters. The summed E-state index contributed by atoms with van der Waals surface area (Å²) in [6.07, 6.45) is -0.0135. The molecule has 0 fully saturated rings. The number of carbonyl (C=O) groups excluding carboxylic acids is 1. The first kappa shape index (κ1) is 16.8. The van der Waals surface area contributed by atoms with E-state index < -0.39 is 6.10 Å². The molecule has 0 aliphatic heterocycles. The molecule has 0 radical (unpaired) electrons. The highest BCUT2D eigenvalue weighted by Gasteiger charge is 2.08. The lowest BCUT2D eigenvalue weighted by molar-refractivity contribution is 0.182. The highest BCUT2D eigenvalue weighted by atomic mass is 79.9. The molecule has 0 saturated heterocycles. The fourth-order valence-corrected chi connectivity index (χ4v) is 1.87. The van der Waals surface area contributed by atoms with Gasteiger partial charge < -0.3 is 20.5 Å². The van der Waals surface area contributed by atoms with Crippen molar-refractivity contribution in [2.75, 3.05) is 13.1 Å². The molecule has 0 aliphatic rings. The van der Waals surface area contributed by atoms with Crippen LogP contribution in [0.3, 0.4) is 0 Å². The number of aliphatic hydroxyl groups excluding tert-OH is 1. The minimum Gasteiger partial charge on any atom is -0.488 e. The van der Waals surface area contributed by atoms with E-state index in [1.165, 1.54) is 0 Å². The molecule has 0 bridgehead atoms. The maximum Gasteiger partial charge on any atom is 0.314 e. The Labute approximate surface area is 127 Å². The van der Waals surface area contributed by atoms with E-state index in [-0.39, 0.29) is 12.1 Å². The molecule has 2 amide bonds. The molecule has 1 rings (SSSR count). The Bertz CT molecular complexity index is 427. The predicted molar refractivity (Wildman–Crippen MR) is 81.9 cm³/mol. The molecule has 112 valence electrons. The first-order valence-electron chi connectivity index (χ1n) is 6.60. The van der Waals surface area contributed by atoms with Gasteiger partial charge in [0.25, 0.3) is 0 Å². The van der Waals surface area contributed by atoms with Gasteiger partial charge in [-0.15, -0.1) is 0 Å². The molecule has 1 aromatic carbocycles. The Morgan fingerprint density at radius 2 is 2.05 bits per heavy atom. The third-order valence-electron chi connectivity index (χ3n) is 2.56. The number of aliphatic hydroxyl groups is 1. The van der Waals surface area contributed by atoms with Gasteiger partial charge in [0.15, 0.2) is 0 Å².